The Bertz CT molecular complexity index is 1240. The molecule has 0 atom stereocenters. The lowest BCUT2D eigenvalue weighted by Gasteiger charge is -2.15. The number of aryl methyl sites for hydroxylation is 2. The van der Waals surface area contributed by atoms with E-state index in [2.05, 4.69) is 71.6 Å². The second kappa shape index (κ2) is 10.2. The van der Waals surface area contributed by atoms with Gasteiger partial charge in [-0.3, -0.25) is 4.90 Å². The molecule has 0 N–H and O–H groups in total. The van der Waals surface area contributed by atoms with Crippen molar-refractivity contribution in [1.29, 1.82) is 0 Å². The van der Waals surface area contributed by atoms with Gasteiger partial charge in [0.05, 0.1) is 0 Å². The van der Waals surface area contributed by atoms with Crippen LogP contribution in [-0.4, -0.2) is 31.1 Å². The quantitative estimate of drug-likeness (QED) is 0.289. The fraction of sp³-hybridized carbons (Fsp3) is 0.333. The number of hydrogen-bond acceptors (Lipinski definition) is 3. The molecule has 0 saturated carbocycles. The SMILES string of the molecule is Cl.c1ccc(-c2oc3cc4c(cc3c2-c2ccc(OCCN3CCCC3)cc2)CCCC4)cc1. The monoisotopic (exact) mass is 473 g/mol. The van der Waals surface area contributed by atoms with Crippen LogP contribution in [0.25, 0.3) is 33.4 Å². The second-order valence-electron chi connectivity index (χ2n) is 9.42. The van der Waals surface area contributed by atoms with Crippen molar-refractivity contribution in [2.45, 2.75) is 38.5 Å². The van der Waals surface area contributed by atoms with Crippen LogP contribution < -0.4 is 4.74 Å². The molecule has 0 radical (unpaired) electrons. The average molecular weight is 474 g/mol. The zero-order chi connectivity index (χ0) is 22.0. The van der Waals surface area contributed by atoms with Gasteiger partial charge in [0.15, 0.2) is 0 Å². The summed E-state index contributed by atoms with van der Waals surface area (Å²) < 4.78 is 12.6. The topological polar surface area (TPSA) is 25.6 Å². The van der Waals surface area contributed by atoms with Gasteiger partial charge in [0.1, 0.15) is 23.7 Å². The van der Waals surface area contributed by atoms with E-state index in [1.165, 1.54) is 72.8 Å². The minimum atomic E-state index is 0. The highest BCUT2D eigenvalue weighted by molar-refractivity contribution is 6.02. The number of hydrogen-bond donors (Lipinski definition) is 0. The smallest absolute Gasteiger partial charge is 0.143 e. The molecule has 2 aliphatic rings. The Morgan fingerprint density at radius 2 is 1.47 bits per heavy atom. The highest BCUT2D eigenvalue weighted by Crippen LogP contribution is 2.43. The van der Waals surface area contributed by atoms with Gasteiger partial charge < -0.3 is 9.15 Å². The lowest BCUT2D eigenvalue weighted by atomic mass is 9.89. The molecule has 34 heavy (non-hydrogen) atoms. The van der Waals surface area contributed by atoms with Crippen LogP contribution in [0.4, 0.5) is 0 Å². The van der Waals surface area contributed by atoms with E-state index in [9.17, 15) is 0 Å². The minimum absolute atomic E-state index is 0. The van der Waals surface area contributed by atoms with Gasteiger partial charge in [-0.25, -0.2) is 0 Å². The Balaban J connectivity index is 0.00000241. The van der Waals surface area contributed by atoms with E-state index in [1.54, 1.807) is 0 Å². The first-order chi connectivity index (χ1) is 16.3. The van der Waals surface area contributed by atoms with Crippen molar-refractivity contribution in [2.24, 2.45) is 0 Å². The highest BCUT2D eigenvalue weighted by atomic mass is 35.5. The van der Waals surface area contributed by atoms with Gasteiger partial charge in [0, 0.05) is 23.1 Å². The van der Waals surface area contributed by atoms with E-state index in [1.807, 2.05) is 0 Å². The first-order valence-corrected chi connectivity index (χ1v) is 12.4. The summed E-state index contributed by atoms with van der Waals surface area (Å²) in [6.45, 7) is 4.18. The summed E-state index contributed by atoms with van der Waals surface area (Å²) in [5.74, 6) is 1.89. The molecule has 1 aliphatic carbocycles. The van der Waals surface area contributed by atoms with E-state index >= 15 is 0 Å². The molecule has 3 aromatic carbocycles. The summed E-state index contributed by atoms with van der Waals surface area (Å²) >= 11 is 0. The van der Waals surface area contributed by atoms with Crippen LogP contribution in [0, 0.1) is 0 Å². The number of fused-ring (bicyclic) bond motifs is 2. The molecular formula is C30H32ClNO2. The molecule has 1 fully saturated rings. The Hall–Kier alpha value is -2.75. The fourth-order valence-corrected chi connectivity index (χ4v) is 5.42. The molecule has 0 unspecified atom stereocenters. The van der Waals surface area contributed by atoms with E-state index in [0.29, 0.717) is 0 Å². The zero-order valence-corrected chi connectivity index (χ0v) is 20.4. The van der Waals surface area contributed by atoms with Crippen LogP contribution >= 0.6 is 12.4 Å². The molecule has 1 saturated heterocycles. The summed E-state index contributed by atoms with van der Waals surface area (Å²) in [4.78, 5) is 2.48. The maximum atomic E-state index is 6.52. The molecule has 1 aromatic heterocycles. The van der Waals surface area contributed by atoms with Crippen molar-refractivity contribution in [3.63, 3.8) is 0 Å². The number of likely N-dealkylation sites (tertiary alicyclic amines) is 1. The Kier molecular flexibility index (Phi) is 6.94. The van der Waals surface area contributed by atoms with E-state index in [4.69, 9.17) is 9.15 Å². The maximum Gasteiger partial charge on any atom is 0.143 e. The Morgan fingerprint density at radius 1 is 0.765 bits per heavy atom. The number of benzene rings is 3. The normalized spacial score (nSPS) is 15.8. The minimum Gasteiger partial charge on any atom is -0.492 e. The molecule has 4 aromatic rings. The van der Waals surface area contributed by atoms with Gasteiger partial charge in [-0.2, -0.15) is 0 Å². The summed E-state index contributed by atoms with van der Waals surface area (Å²) in [6.07, 6.45) is 7.52. The third-order valence-electron chi connectivity index (χ3n) is 7.21. The third-order valence-corrected chi connectivity index (χ3v) is 7.21. The van der Waals surface area contributed by atoms with Gasteiger partial charge in [0.2, 0.25) is 0 Å². The predicted molar refractivity (Wildman–Crippen MR) is 142 cm³/mol. The van der Waals surface area contributed by atoms with Gasteiger partial charge in [-0.05, 0) is 92.6 Å². The standard InChI is InChI=1S/C30H31NO2.ClH/c1-2-8-23(9-3-1)30-29(27-20-24-10-4-5-11-25(24)21-28(27)33-30)22-12-14-26(15-13-22)32-19-18-31-16-6-7-17-31;/h1-3,8-9,12-15,20-21H,4-7,10-11,16-19H2;1H. The fourth-order valence-electron chi connectivity index (χ4n) is 5.42. The van der Waals surface area contributed by atoms with Crippen LogP contribution in [0.2, 0.25) is 0 Å². The molecule has 3 nitrogen and oxygen atoms in total. The van der Waals surface area contributed by atoms with Gasteiger partial charge >= 0.3 is 0 Å². The molecule has 2 heterocycles. The summed E-state index contributed by atoms with van der Waals surface area (Å²) in [5, 5.41) is 1.22. The molecule has 0 amide bonds. The van der Waals surface area contributed by atoms with Crippen LogP contribution in [0.15, 0.2) is 71.1 Å². The van der Waals surface area contributed by atoms with Crippen LogP contribution in [-0.2, 0) is 12.8 Å². The lowest BCUT2D eigenvalue weighted by molar-refractivity contribution is 0.238. The number of rotatable bonds is 6. The summed E-state index contributed by atoms with van der Waals surface area (Å²) in [7, 11) is 0. The maximum absolute atomic E-state index is 6.52. The molecule has 1 aliphatic heterocycles. The Morgan fingerprint density at radius 3 is 2.21 bits per heavy atom. The second-order valence-corrected chi connectivity index (χ2v) is 9.42. The Labute approximate surface area is 208 Å². The molecule has 0 spiro atoms. The summed E-state index contributed by atoms with van der Waals surface area (Å²) in [5.41, 5.74) is 7.42. The van der Waals surface area contributed by atoms with Gasteiger partial charge in [-0.1, -0.05) is 42.5 Å². The lowest BCUT2D eigenvalue weighted by Crippen LogP contribution is -2.25. The van der Waals surface area contributed by atoms with Crippen LogP contribution in [0.5, 0.6) is 5.75 Å². The zero-order valence-electron chi connectivity index (χ0n) is 19.6. The van der Waals surface area contributed by atoms with Crippen molar-refractivity contribution in [3.8, 4) is 28.2 Å². The third kappa shape index (κ3) is 4.60. The number of halogens is 1. The van der Waals surface area contributed by atoms with Crippen molar-refractivity contribution in [2.75, 3.05) is 26.2 Å². The van der Waals surface area contributed by atoms with Crippen LogP contribution in [0.3, 0.4) is 0 Å². The van der Waals surface area contributed by atoms with E-state index < -0.39 is 0 Å². The molecule has 6 rings (SSSR count). The van der Waals surface area contributed by atoms with E-state index in [0.717, 1.165) is 42.2 Å². The van der Waals surface area contributed by atoms with Crippen molar-refractivity contribution >= 4 is 23.4 Å². The van der Waals surface area contributed by atoms with Crippen molar-refractivity contribution in [3.05, 3.63) is 77.9 Å². The average Bonchev–Trinajstić information content (AvgIpc) is 3.51. The molecular weight excluding hydrogens is 442 g/mol. The van der Waals surface area contributed by atoms with Gasteiger partial charge in [0.25, 0.3) is 0 Å². The number of nitrogens with zero attached hydrogens (tertiary/aromatic N) is 1. The van der Waals surface area contributed by atoms with Crippen molar-refractivity contribution in [1.82, 2.24) is 4.90 Å². The first-order valence-electron chi connectivity index (χ1n) is 12.4. The van der Waals surface area contributed by atoms with Crippen molar-refractivity contribution < 1.29 is 9.15 Å². The predicted octanol–water partition coefficient (Wildman–Crippen LogP) is 7.54. The number of ether oxygens (including phenoxy) is 1. The van der Waals surface area contributed by atoms with Gasteiger partial charge in [-0.15, -0.1) is 12.4 Å². The summed E-state index contributed by atoms with van der Waals surface area (Å²) in [6, 6.07) is 23.7. The molecule has 0 bridgehead atoms. The van der Waals surface area contributed by atoms with E-state index in [-0.39, 0.29) is 12.4 Å². The largest absolute Gasteiger partial charge is 0.492 e. The molecule has 176 valence electrons. The highest BCUT2D eigenvalue weighted by Gasteiger charge is 2.21. The van der Waals surface area contributed by atoms with Crippen LogP contribution in [0.1, 0.15) is 36.8 Å². The first kappa shape index (κ1) is 23.0. The number of furan rings is 1. The molecule has 4 heteroatoms.